The minimum absolute atomic E-state index is 0.118. The van der Waals surface area contributed by atoms with Gasteiger partial charge in [0, 0.05) is 26.7 Å². The molecule has 0 saturated carbocycles. The minimum Gasteiger partial charge on any atom is -0.373 e. The number of nitrogens with zero attached hydrogens (tertiary/aromatic N) is 4. The molecule has 0 bridgehead atoms. The number of nitrogens with one attached hydrogen (secondary N) is 1. The first kappa shape index (κ1) is 15.0. The van der Waals surface area contributed by atoms with Crippen molar-refractivity contribution in [2.45, 2.75) is 19.9 Å². The Morgan fingerprint density at radius 1 is 1.38 bits per heavy atom. The van der Waals surface area contributed by atoms with Crippen LogP contribution in [0.2, 0.25) is 0 Å². The lowest BCUT2D eigenvalue weighted by Gasteiger charge is -2.17. The van der Waals surface area contributed by atoms with Crippen molar-refractivity contribution in [2.75, 3.05) is 30.9 Å². The largest absolute Gasteiger partial charge is 0.373 e. The Balaban J connectivity index is 2.19. The summed E-state index contributed by atoms with van der Waals surface area (Å²) in [5.41, 5.74) is 1.52. The van der Waals surface area contributed by atoms with Gasteiger partial charge in [0.05, 0.1) is 24.1 Å². The van der Waals surface area contributed by atoms with E-state index in [1.165, 1.54) is 4.68 Å². The highest BCUT2D eigenvalue weighted by atomic mass is 16.1. The topological polar surface area (TPSA) is 63.1 Å². The zero-order valence-corrected chi connectivity index (χ0v) is 12.7. The van der Waals surface area contributed by atoms with Crippen LogP contribution >= 0.6 is 0 Å². The minimum atomic E-state index is -0.118. The Labute approximate surface area is 124 Å². The second-order valence-corrected chi connectivity index (χ2v) is 4.90. The maximum absolute atomic E-state index is 12.1. The molecular weight excluding hydrogens is 266 g/mol. The van der Waals surface area contributed by atoms with Gasteiger partial charge in [0.1, 0.15) is 5.82 Å². The lowest BCUT2D eigenvalue weighted by atomic mass is 10.3. The molecular formula is C15H21N5O. The van der Waals surface area contributed by atoms with E-state index in [9.17, 15) is 4.79 Å². The van der Waals surface area contributed by atoms with Gasteiger partial charge in [-0.3, -0.25) is 4.79 Å². The van der Waals surface area contributed by atoms with Gasteiger partial charge in [0.2, 0.25) is 0 Å². The summed E-state index contributed by atoms with van der Waals surface area (Å²) >= 11 is 0. The average molecular weight is 287 g/mol. The molecule has 0 aliphatic carbocycles. The van der Waals surface area contributed by atoms with Gasteiger partial charge in [-0.2, -0.15) is 5.10 Å². The predicted octanol–water partition coefficient (Wildman–Crippen LogP) is 1.57. The monoisotopic (exact) mass is 287 g/mol. The van der Waals surface area contributed by atoms with Crippen LogP contribution in [0.25, 0.3) is 0 Å². The summed E-state index contributed by atoms with van der Waals surface area (Å²) in [5.74, 6) is 0.778. The van der Waals surface area contributed by atoms with Gasteiger partial charge < -0.3 is 10.2 Å². The van der Waals surface area contributed by atoms with Crippen molar-refractivity contribution >= 4 is 11.5 Å². The van der Waals surface area contributed by atoms with E-state index in [0.717, 1.165) is 30.2 Å². The van der Waals surface area contributed by atoms with Crippen molar-refractivity contribution < 1.29 is 0 Å². The van der Waals surface area contributed by atoms with E-state index in [0.29, 0.717) is 6.54 Å². The molecule has 0 saturated heterocycles. The smallest absolute Gasteiger partial charge is 0.269 e. The Kier molecular flexibility index (Phi) is 4.92. The van der Waals surface area contributed by atoms with Gasteiger partial charge in [0.15, 0.2) is 0 Å². The Bertz CT molecular complexity index is 653. The lowest BCUT2D eigenvalue weighted by molar-refractivity contribution is 0.626. The summed E-state index contributed by atoms with van der Waals surface area (Å²) in [6, 6.07) is 7.28. The van der Waals surface area contributed by atoms with Crippen molar-refractivity contribution in [3.8, 4) is 0 Å². The van der Waals surface area contributed by atoms with Crippen molar-refractivity contribution in [2.24, 2.45) is 0 Å². The van der Waals surface area contributed by atoms with E-state index in [2.05, 4.69) is 22.3 Å². The van der Waals surface area contributed by atoms with Crippen molar-refractivity contribution in [1.29, 1.82) is 0 Å². The molecule has 21 heavy (non-hydrogen) atoms. The number of hydrogen-bond acceptors (Lipinski definition) is 5. The summed E-state index contributed by atoms with van der Waals surface area (Å²) in [5, 5.41) is 7.21. The SMILES string of the molecule is CCCN(C)c1cnn(Cc2cccc(NC)n2)c(=O)c1. The zero-order valence-electron chi connectivity index (χ0n) is 12.7. The molecule has 6 nitrogen and oxygen atoms in total. The van der Waals surface area contributed by atoms with Crippen LogP contribution in [0.5, 0.6) is 0 Å². The van der Waals surface area contributed by atoms with Crippen LogP contribution < -0.4 is 15.8 Å². The van der Waals surface area contributed by atoms with Crippen molar-refractivity contribution in [1.82, 2.24) is 14.8 Å². The van der Waals surface area contributed by atoms with Gasteiger partial charge in [-0.15, -0.1) is 0 Å². The quantitative estimate of drug-likeness (QED) is 0.874. The third-order valence-electron chi connectivity index (χ3n) is 3.23. The molecule has 0 aliphatic heterocycles. The zero-order chi connectivity index (χ0) is 15.2. The molecule has 0 aromatic carbocycles. The summed E-state index contributed by atoms with van der Waals surface area (Å²) in [4.78, 5) is 18.6. The standard InChI is InChI=1S/C15H21N5O/c1-4-8-19(3)13-9-15(21)20(17-10-13)11-12-6-5-7-14(16-2)18-12/h5-7,9-10H,4,8,11H2,1-3H3,(H,16,18). The third-order valence-corrected chi connectivity index (χ3v) is 3.23. The lowest BCUT2D eigenvalue weighted by Crippen LogP contribution is -2.26. The fourth-order valence-electron chi connectivity index (χ4n) is 2.08. The summed E-state index contributed by atoms with van der Waals surface area (Å²) in [7, 11) is 3.77. The fourth-order valence-corrected chi connectivity index (χ4v) is 2.08. The van der Waals surface area contributed by atoms with Crippen molar-refractivity contribution in [3.05, 3.63) is 46.5 Å². The number of rotatable bonds is 6. The average Bonchev–Trinajstić information content (AvgIpc) is 2.49. The first-order chi connectivity index (χ1) is 10.1. The molecule has 0 spiro atoms. The van der Waals surface area contributed by atoms with E-state index in [1.54, 1.807) is 12.3 Å². The van der Waals surface area contributed by atoms with Crippen LogP contribution in [-0.2, 0) is 6.54 Å². The van der Waals surface area contributed by atoms with Crippen LogP contribution in [-0.4, -0.2) is 35.4 Å². The molecule has 6 heteroatoms. The van der Waals surface area contributed by atoms with Gasteiger partial charge in [-0.25, -0.2) is 9.67 Å². The highest BCUT2D eigenvalue weighted by Gasteiger charge is 2.05. The fraction of sp³-hybridized carbons (Fsp3) is 0.400. The number of pyridine rings is 1. The first-order valence-corrected chi connectivity index (χ1v) is 7.06. The first-order valence-electron chi connectivity index (χ1n) is 7.06. The molecule has 0 radical (unpaired) electrons. The number of anilines is 2. The summed E-state index contributed by atoms with van der Waals surface area (Å²) < 4.78 is 1.42. The molecule has 0 aliphatic rings. The number of aromatic nitrogens is 3. The normalized spacial score (nSPS) is 10.4. The van der Waals surface area contributed by atoms with Crippen LogP contribution in [0.15, 0.2) is 35.3 Å². The summed E-state index contributed by atoms with van der Waals surface area (Å²) in [6.07, 6.45) is 2.75. The Morgan fingerprint density at radius 3 is 2.86 bits per heavy atom. The molecule has 0 unspecified atom stereocenters. The molecule has 112 valence electrons. The van der Waals surface area contributed by atoms with Crippen LogP contribution in [0.3, 0.4) is 0 Å². The van der Waals surface area contributed by atoms with Gasteiger partial charge >= 0.3 is 0 Å². The summed E-state index contributed by atoms with van der Waals surface area (Å²) in [6.45, 7) is 3.37. The second kappa shape index (κ2) is 6.88. The van der Waals surface area contributed by atoms with Crippen molar-refractivity contribution in [3.63, 3.8) is 0 Å². The molecule has 1 N–H and O–H groups in total. The van der Waals surface area contributed by atoms with Gasteiger partial charge in [-0.05, 0) is 18.6 Å². The third kappa shape index (κ3) is 3.81. The highest BCUT2D eigenvalue weighted by molar-refractivity contribution is 5.41. The Morgan fingerprint density at radius 2 is 2.19 bits per heavy atom. The molecule has 2 aromatic rings. The molecule has 2 rings (SSSR count). The van der Waals surface area contributed by atoms with Gasteiger partial charge in [-0.1, -0.05) is 13.0 Å². The molecule has 2 heterocycles. The van der Waals surface area contributed by atoms with E-state index >= 15 is 0 Å². The molecule has 0 fully saturated rings. The van der Waals surface area contributed by atoms with E-state index in [-0.39, 0.29) is 5.56 Å². The molecule has 0 amide bonds. The number of hydrogen-bond donors (Lipinski definition) is 1. The van der Waals surface area contributed by atoms with E-state index in [4.69, 9.17) is 0 Å². The second-order valence-electron chi connectivity index (χ2n) is 4.90. The maximum atomic E-state index is 12.1. The van der Waals surface area contributed by atoms with Crippen LogP contribution in [0, 0.1) is 0 Å². The van der Waals surface area contributed by atoms with E-state index in [1.807, 2.05) is 37.2 Å². The molecule has 0 atom stereocenters. The van der Waals surface area contributed by atoms with Crippen LogP contribution in [0.4, 0.5) is 11.5 Å². The van der Waals surface area contributed by atoms with Gasteiger partial charge in [0.25, 0.3) is 5.56 Å². The van der Waals surface area contributed by atoms with E-state index < -0.39 is 0 Å². The maximum Gasteiger partial charge on any atom is 0.269 e. The predicted molar refractivity (Wildman–Crippen MR) is 84.9 cm³/mol. The van der Waals surface area contributed by atoms with Crippen LogP contribution in [0.1, 0.15) is 19.0 Å². The highest BCUT2D eigenvalue weighted by Crippen LogP contribution is 2.08. The molecule has 2 aromatic heterocycles. The Hall–Kier alpha value is -2.37.